The van der Waals surface area contributed by atoms with Crippen LogP contribution < -0.4 is 9.64 Å². The third-order valence-corrected chi connectivity index (χ3v) is 4.42. The number of hydrogen-bond donors (Lipinski definition) is 0. The predicted octanol–water partition coefficient (Wildman–Crippen LogP) is 1.93. The Balaban J connectivity index is 1.70. The van der Waals surface area contributed by atoms with E-state index in [1.807, 2.05) is 33.0 Å². The Bertz CT molecular complexity index is 735. The molecule has 0 spiro atoms. The van der Waals surface area contributed by atoms with Gasteiger partial charge in [-0.2, -0.15) is 0 Å². The number of aryl methyl sites for hydroxylation is 1. The van der Waals surface area contributed by atoms with Crippen molar-refractivity contribution in [1.29, 1.82) is 0 Å². The van der Waals surface area contributed by atoms with E-state index in [0.717, 1.165) is 24.5 Å². The molecule has 0 N–H and O–H groups in total. The Morgan fingerprint density at radius 3 is 2.84 bits per heavy atom. The first-order valence-electron chi connectivity index (χ1n) is 8.48. The molecule has 0 saturated carbocycles. The first-order valence-corrected chi connectivity index (χ1v) is 8.48. The zero-order valence-electron chi connectivity index (χ0n) is 14.8. The summed E-state index contributed by atoms with van der Waals surface area (Å²) in [6.07, 6.45) is 5.81. The van der Waals surface area contributed by atoms with Crippen LogP contribution in [0.3, 0.4) is 0 Å². The molecule has 3 heterocycles. The quantitative estimate of drug-likeness (QED) is 0.827. The molecule has 1 aliphatic rings. The maximum Gasteiger partial charge on any atom is 0.257 e. The van der Waals surface area contributed by atoms with Gasteiger partial charge in [0.2, 0.25) is 0 Å². The van der Waals surface area contributed by atoms with Gasteiger partial charge >= 0.3 is 0 Å². The normalized spacial score (nSPS) is 16.8. The minimum atomic E-state index is -0.0106. The van der Waals surface area contributed by atoms with Crippen LogP contribution in [-0.4, -0.2) is 58.5 Å². The summed E-state index contributed by atoms with van der Waals surface area (Å²) in [6.45, 7) is 5.90. The Kier molecular flexibility index (Phi) is 5.11. The van der Waals surface area contributed by atoms with Crippen LogP contribution in [0.25, 0.3) is 0 Å². The molecular weight excluding hydrogens is 318 g/mol. The zero-order chi connectivity index (χ0) is 17.8. The second-order valence-electron chi connectivity index (χ2n) is 6.11. The van der Waals surface area contributed by atoms with Gasteiger partial charge in [-0.05, 0) is 32.4 Å². The molecule has 0 radical (unpaired) electrons. The van der Waals surface area contributed by atoms with Gasteiger partial charge in [-0.15, -0.1) is 0 Å². The standard InChI is InChI=1S/C18H23N5O2/c1-4-25-17-16(19-8-9-20-17)23-10-7-15(12-23)22(3)18(24)14-6-5-13(2)21-11-14/h5-6,8-9,11,15H,4,7,10,12H2,1-3H3. The first-order chi connectivity index (χ1) is 12.1. The van der Waals surface area contributed by atoms with E-state index in [0.29, 0.717) is 24.6 Å². The van der Waals surface area contributed by atoms with Gasteiger partial charge in [-0.1, -0.05) is 0 Å². The molecule has 1 fully saturated rings. The number of amides is 1. The van der Waals surface area contributed by atoms with E-state index >= 15 is 0 Å². The lowest BCUT2D eigenvalue weighted by molar-refractivity contribution is 0.0744. The summed E-state index contributed by atoms with van der Waals surface area (Å²) >= 11 is 0. The summed E-state index contributed by atoms with van der Waals surface area (Å²) in [4.78, 5) is 29.5. The molecule has 132 valence electrons. The molecule has 1 amide bonds. The lowest BCUT2D eigenvalue weighted by Crippen LogP contribution is -2.39. The molecule has 0 aliphatic carbocycles. The highest BCUT2D eigenvalue weighted by Gasteiger charge is 2.31. The Morgan fingerprint density at radius 2 is 2.12 bits per heavy atom. The molecule has 1 aliphatic heterocycles. The van der Waals surface area contributed by atoms with Crippen LogP contribution in [0.5, 0.6) is 5.88 Å². The highest BCUT2D eigenvalue weighted by Crippen LogP contribution is 2.27. The molecule has 7 nitrogen and oxygen atoms in total. The highest BCUT2D eigenvalue weighted by molar-refractivity contribution is 5.94. The summed E-state index contributed by atoms with van der Waals surface area (Å²) in [5.41, 5.74) is 1.51. The summed E-state index contributed by atoms with van der Waals surface area (Å²) < 4.78 is 5.57. The monoisotopic (exact) mass is 341 g/mol. The van der Waals surface area contributed by atoms with Gasteiger partial charge in [-0.3, -0.25) is 9.78 Å². The van der Waals surface area contributed by atoms with Crippen LogP contribution in [0.2, 0.25) is 0 Å². The second-order valence-corrected chi connectivity index (χ2v) is 6.11. The van der Waals surface area contributed by atoms with Crippen LogP contribution in [0.15, 0.2) is 30.7 Å². The van der Waals surface area contributed by atoms with E-state index in [1.54, 1.807) is 23.5 Å². The van der Waals surface area contributed by atoms with E-state index in [9.17, 15) is 4.79 Å². The van der Waals surface area contributed by atoms with E-state index in [1.165, 1.54) is 0 Å². The average Bonchev–Trinajstić information content (AvgIpc) is 3.12. The molecule has 25 heavy (non-hydrogen) atoms. The van der Waals surface area contributed by atoms with Gasteiger partial charge in [0.15, 0.2) is 5.82 Å². The van der Waals surface area contributed by atoms with Crippen molar-refractivity contribution in [3.63, 3.8) is 0 Å². The van der Waals surface area contributed by atoms with Crippen molar-refractivity contribution in [1.82, 2.24) is 19.9 Å². The highest BCUT2D eigenvalue weighted by atomic mass is 16.5. The molecule has 7 heteroatoms. The maximum atomic E-state index is 12.7. The van der Waals surface area contributed by atoms with Crippen LogP contribution in [0.1, 0.15) is 29.4 Å². The van der Waals surface area contributed by atoms with Gasteiger partial charge in [0.1, 0.15) is 0 Å². The van der Waals surface area contributed by atoms with Gasteiger partial charge in [-0.25, -0.2) is 9.97 Å². The summed E-state index contributed by atoms with van der Waals surface area (Å²) in [5, 5.41) is 0. The smallest absolute Gasteiger partial charge is 0.257 e. The number of likely N-dealkylation sites (N-methyl/N-ethyl adjacent to an activating group) is 1. The van der Waals surface area contributed by atoms with Crippen molar-refractivity contribution in [2.75, 3.05) is 31.6 Å². The fraction of sp³-hybridized carbons (Fsp3) is 0.444. The molecule has 0 aromatic carbocycles. The minimum absolute atomic E-state index is 0.0106. The first kappa shape index (κ1) is 17.1. The largest absolute Gasteiger partial charge is 0.475 e. The van der Waals surface area contributed by atoms with Crippen molar-refractivity contribution in [3.8, 4) is 5.88 Å². The van der Waals surface area contributed by atoms with Crippen LogP contribution in [-0.2, 0) is 0 Å². The maximum absolute atomic E-state index is 12.7. The number of anilines is 1. The predicted molar refractivity (Wildman–Crippen MR) is 94.9 cm³/mol. The third kappa shape index (κ3) is 3.70. The van der Waals surface area contributed by atoms with E-state index < -0.39 is 0 Å². The van der Waals surface area contributed by atoms with Crippen molar-refractivity contribution < 1.29 is 9.53 Å². The van der Waals surface area contributed by atoms with Crippen molar-refractivity contribution in [2.45, 2.75) is 26.3 Å². The fourth-order valence-corrected chi connectivity index (χ4v) is 2.99. The average molecular weight is 341 g/mol. The Morgan fingerprint density at radius 1 is 1.32 bits per heavy atom. The molecular formula is C18H23N5O2. The molecule has 2 aromatic rings. The zero-order valence-corrected chi connectivity index (χ0v) is 14.8. The summed E-state index contributed by atoms with van der Waals surface area (Å²) in [5.74, 6) is 1.27. The number of carbonyl (C=O) groups is 1. The molecule has 3 rings (SSSR count). The molecule has 0 bridgehead atoms. The SMILES string of the molecule is CCOc1nccnc1N1CCC(N(C)C(=O)c2ccc(C)nc2)C1. The van der Waals surface area contributed by atoms with Gasteiger partial charge < -0.3 is 14.5 Å². The summed E-state index contributed by atoms with van der Waals surface area (Å²) in [6, 6.07) is 3.80. The van der Waals surface area contributed by atoms with Crippen LogP contribution in [0, 0.1) is 6.92 Å². The van der Waals surface area contributed by atoms with Crippen LogP contribution >= 0.6 is 0 Å². The number of carbonyl (C=O) groups excluding carboxylic acids is 1. The van der Waals surface area contributed by atoms with Crippen molar-refractivity contribution in [3.05, 3.63) is 42.0 Å². The van der Waals surface area contributed by atoms with Gasteiger partial charge in [0.05, 0.1) is 18.2 Å². The van der Waals surface area contributed by atoms with Crippen molar-refractivity contribution in [2.24, 2.45) is 0 Å². The minimum Gasteiger partial charge on any atom is -0.475 e. The number of pyridine rings is 1. The van der Waals surface area contributed by atoms with Crippen molar-refractivity contribution >= 4 is 11.7 Å². The fourth-order valence-electron chi connectivity index (χ4n) is 2.99. The molecule has 1 atom stereocenters. The Hall–Kier alpha value is -2.70. The molecule has 1 saturated heterocycles. The number of nitrogens with zero attached hydrogens (tertiary/aromatic N) is 5. The van der Waals surface area contributed by atoms with E-state index in [4.69, 9.17) is 4.74 Å². The molecule has 2 aromatic heterocycles. The van der Waals surface area contributed by atoms with Crippen LogP contribution in [0.4, 0.5) is 5.82 Å². The summed E-state index contributed by atoms with van der Waals surface area (Å²) in [7, 11) is 1.84. The topological polar surface area (TPSA) is 71.5 Å². The van der Waals surface area contributed by atoms with E-state index in [-0.39, 0.29) is 11.9 Å². The number of ether oxygens (including phenoxy) is 1. The number of rotatable bonds is 5. The van der Waals surface area contributed by atoms with Gasteiger partial charge in [0, 0.05) is 44.4 Å². The Labute approximate surface area is 147 Å². The van der Waals surface area contributed by atoms with Gasteiger partial charge in [0.25, 0.3) is 11.8 Å². The third-order valence-electron chi connectivity index (χ3n) is 4.42. The number of hydrogen-bond acceptors (Lipinski definition) is 6. The second kappa shape index (κ2) is 7.46. The lowest BCUT2D eigenvalue weighted by atomic mass is 10.2. The lowest BCUT2D eigenvalue weighted by Gasteiger charge is -2.25. The van der Waals surface area contributed by atoms with E-state index in [2.05, 4.69) is 19.9 Å². The number of aromatic nitrogens is 3. The molecule has 1 unspecified atom stereocenters.